The normalized spacial score (nSPS) is 20.3. The molecule has 2 aromatic carbocycles. The molecule has 6 heteroatoms. The number of nitriles is 1. The molecule has 0 bridgehead atoms. The Hall–Kier alpha value is -2.55. The van der Waals surface area contributed by atoms with E-state index in [9.17, 15) is 4.79 Å². The van der Waals surface area contributed by atoms with Crippen molar-refractivity contribution in [1.82, 2.24) is 4.90 Å². The van der Waals surface area contributed by atoms with Crippen LogP contribution >= 0.6 is 12.4 Å². The average molecular weight is 456 g/mol. The third-order valence-electron chi connectivity index (χ3n) is 6.92. The number of hydrogen-bond acceptors (Lipinski definition) is 4. The lowest BCUT2D eigenvalue weighted by Crippen LogP contribution is -2.47. The van der Waals surface area contributed by atoms with Crippen LogP contribution in [0.4, 0.5) is 0 Å². The highest BCUT2D eigenvalue weighted by Gasteiger charge is 2.41. The van der Waals surface area contributed by atoms with Gasteiger partial charge >= 0.3 is 0 Å². The summed E-state index contributed by atoms with van der Waals surface area (Å²) in [6, 6.07) is 16.3. The summed E-state index contributed by atoms with van der Waals surface area (Å²) in [6.45, 7) is 6.45. The lowest BCUT2D eigenvalue weighted by molar-refractivity contribution is -0.130. The molecule has 0 spiro atoms. The highest BCUT2D eigenvalue weighted by Crippen LogP contribution is 2.42. The Morgan fingerprint density at radius 2 is 1.72 bits per heavy atom. The molecule has 0 heterocycles. The molecule has 0 aliphatic heterocycles. The van der Waals surface area contributed by atoms with E-state index in [0.717, 1.165) is 61.2 Å². The van der Waals surface area contributed by atoms with Crippen LogP contribution in [0.1, 0.15) is 50.7 Å². The highest BCUT2D eigenvalue weighted by atomic mass is 35.5. The third kappa shape index (κ3) is 5.43. The van der Waals surface area contributed by atoms with Crippen molar-refractivity contribution in [2.75, 3.05) is 20.2 Å². The molecule has 1 aliphatic carbocycles. The standard InChI is InChI=1S/C26H33N3O2.ClH/c1-4-29(5-2)23-12-14-26(15-13-23,25(28)30)17-22-16-21(10-11-24(22)31-3)20-8-6-19(18-27)7-9-20;/h6-11,16,23H,4-5,12-15,17H2,1-3H3,(H2,28,30);1H. The number of amides is 1. The quantitative estimate of drug-likeness (QED) is 0.610. The maximum absolute atomic E-state index is 12.7. The van der Waals surface area contributed by atoms with Crippen molar-refractivity contribution < 1.29 is 9.53 Å². The van der Waals surface area contributed by atoms with Crippen LogP contribution < -0.4 is 10.5 Å². The molecule has 2 aromatic rings. The molecule has 0 saturated heterocycles. The maximum atomic E-state index is 12.7. The van der Waals surface area contributed by atoms with Crippen molar-refractivity contribution in [2.24, 2.45) is 11.1 Å². The summed E-state index contributed by atoms with van der Waals surface area (Å²) in [4.78, 5) is 15.1. The summed E-state index contributed by atoms with van der Waals surface area (Å²) in [5, 5.41) is 9.05. The second kappa shape index (κ2) is 11.4. The van der Waals surface area contributed by atoms with Crippen LogP contribution in [0.25, 0.3) is 11.1 Å². The van der Waals surface area contributed by atoms with Crippen molar-refractivity contribution in [2.45, 2.75) is 52.0 Å². The van der Waals surface area contributed by atoms with Gasteiger partial charge in [0.1, 0.15) is 5.75 Å². The van der Waals surface area contributed by atoms with Crippen LogP contribution in [-0.2, 0) is 11.2 Å². The van der Waals surface area contributed by atoms with E-state index >= 15 is 0 Å². The summed E-state index contributed by atoms with van der Waals surface area (Å²) < 4.78 is 5.63. The smallest absolute Gasteiger partial charge is 0.223 e. The molecule has 1 saturated carbocycles. The number of nitrogens with zero attached hydrogens (tertiary/aromatic N) is 2. The molecule has 0 aromatic heterocycles. The van der Waals surface area contributed by atoms with Crippen molar-refractivity contribution in [3.63, 3.8) is 0 Å². The SMILES string of the molecule is CCN(CC)C1CCC(Cc2cc(-c3ccc(C#N)cc3)ccc2OC)(C(N)=O)CC1.Cl. The first-order chi connectivity index (χ1) is 15.0. The van der Waals surface area contributed by atoms with Crippen LogP contribution in [0.3, 0.4) is 0 Å². The molecular weight excluding hydrogens is 422 g/mol. The minimum atomic E-state index is -0.541. The molecule has 5 nitrogen and oxygen atoms in total. The van der Waals surface area contributed by atoms with E-state index in [1.165, 1.54) is 0 Å². The van der Waals surface area contributed by atoms with E-state index in [-0.39, 0.29) is 18.3 Å². The van der Waals surface area contributed by atoms with E-state index in [1.807, 2.05) is 36.4 Å². The van der Waals surface area contributed by atoms with Gasteiger partial charge in [-0.25, -0.2) is 0 Å². The molecule has 1 amide bonds. The summed E-state index contributed by atoms with van der Waals surface area (Å²) >= 11 is 0. The zero-order valence-electron chi connectivity index (χ0n) is 19.3. The number of methoxy groups -OCH3 is 1. The van der Waals surface area contributed by atoms with Crippen LogP contribution in [0, 0.1) is 16.7 Å². The lowest BCUT2D eigenvalue weighted by Gasteiger charge is -2.41. The molecule has 172 valence electrons. The van der Waals surface area contributed by atoms with Crippen LogP contribution in [0.5, 0.6) is 5.75 Å². The summed E-state index contributed by atoms with van der Waals surface area (Å²) in [6.07, 6.45) is 4.16. The van der Waals surface area contributed by atoms with Crippen LogP contribution in [0.15, 0.2) is 42.5 Å². The molecule has 0 radical (unpaired) electrons. The zero-order valence-corrected chi connectivity index (χ0v) is 20.1. The largest absolute Gasteiger partial charge is 0.496 e. The third-order valence-corrected chi connectivity index (χ3v) is 6.92. The number of carbonyl (C=O) groups is 1. The molecule has 0 unspecified atom stereocenters. The van der Waals surface area contributed by atoms with Crippen molar-refractivity contribution in [3.8, 4) is 22.9 Å². The second-order valence-electron chi connectivity index (χ2n) is 8.49. The van der Waals surface area contributed by atoms with Gasteiger partial charge in [0, 0.05) is 6.04 Å². The first-order valence-electron chi connectivity index (χ1n) is 11.2. The Labute approximate surface area is 198 Å². The fourth-order valence-electron chi connectivity index (χ4n) is 4.97. The fourth-order valence-corrected chi connectivity index (χ4v) is 4.97. The number of primary amides is 1. The fraction of sp³-hybridized carbons (Fsp3) is 0.462. The Balaban J connectivity index is 0.00000363. The Morgan fingerprint density at radius 3 is 2.22 bits per heavy atom. The molecule has 32 heavy (non-hydrogen) atoms. The predicted octanol–water partition coefficient (Wildman–Crippen LogP) is 4.95. The molecule has 3 rings (SSSR count). The lowest BCUT2D eigenvalue weighted by atomic mass is 9.68. The first kappa shape index (κ1) is 25.7. The number of rotatable bonds is 8. The molecule has 0 atom stereocenters. The number of halogens is 1. The van der Waals surface area contributed by atoms with Gasteiger partial charge in [-0.05, 0) is 86.1 Å². The number of carbonyl (C=O) groups excluding carboxylic acids is 1. The number of benzene rings is 2. The van der Waals surface area contributed by atoms with Gasteiger partial charge in [-0.3, -0.25) is 4.79 Å². The second-order valence-corrected chi connectivity index (χ2v) is 8.49. The Morgan fingerprint density at radius 1 is 1.12 bits per heavy atom. The Bertz CT molecular complexity index is 941. The zero-order chi connectivity index (χ0) is 22.4. The highest BCUT2D eigenvalue weighted by molar-refractivity contribution is 5.85. The number of hydrogen-bond donors (Lipinski definition) is 1. The van der Waals surface area contributed by atoms with Gasteiger partial charge in [0.15, 0.2) is 0 Å². The van der Waals surface area contributed by atoms with Gasteiger partial charge in [0.25, 0.3) is 0 Å². The monoisotopic (exact) mass is 455 g/mol. The van der Waals surface area contributed by atoms with E-state index in [4.69, 9.17) is 15.7 Å². The van der Waals surface area contributed by atoms with Gasteiger partial charge in [0.05, 0.1) is 24.2 Å². The molecule has 1 aliphatic rings. The summed E-state index contributed by atoms with van der Waals surface area (Å²) in [5.41, 5.74) is 9.15. The van der Waals surface area contributed by atoms with Crippen LogP contribution in [-0.4, -0.2) is 37.0 Å². The van der Waals surface area contributed by atoms with Gasteiger partial charge in [-0.2, -0.15) is 5.26 Å². The van der Waals surface area contributed by atoms with E-state index in [2.05, 4.69) is 30.9 Å². The van der Waals surface area contributed by atoms with Crippen molar-refractivity contribution in [3.05, 3.63) is 53.6 Å². The summed E-state index contributed by atoms with van der Waals surface area (Å²) in [5.74, 6) is 0.570. The predicted molar refractivity (Wildman–Crippen MR) is 131 cm³/mol. The molecular formula is C26H34ClN3O2. The average Bonchev–Trinajstić information content (AvgIpc) is 2.81. The maximum Gasteiger partial charge on any atom is 0.223 e. The number of nitrogens with two attached hydrogens (primary N) is 1. The van der Waals surface area contributed by atoms with Gasteiger partial charge in [-0.1, -0.05) is 32.0 Å². The van der Waals surface area contributed by atoms with E-state index in [0.29, 0.717) is 18.0 Å². The summed E-state index contributed by atoms with van der Waals surface area (Å²) in [7, 11) is 1.66. The molecule has 2 N–H and O–H groups in total. The van der Waals surface area contributed by atoms with Gasteiger partial charge in [0.2, 0.25) is 5.91 Å². The minimum Gasteiger partial charge on any atom is -0.496 e. The van der Waals surface area contributed by atoms with Crippen molar-refractivity contribution in [1.29, 1.82) is 5.26 Å². The van der Waals surface area contributed by atoms with Gasteiger partial charge in [-0.15, -0.1) is 12.4 Å². The topological polar surface area (TPSA) is 79.3 Å². The minimum absolute atomic E-state index is 0. The van der Waals surface area contributed by atoms with E-state index < -0.39 is 5.41 Å². The molecule has 1 fully saturated rings. The Kier molecular flexibility index (Phi) is 9.12. The van der Waals surface area contributed by atoms with Gasteiger partial charge < -0.3 is 15.4 Å². The first-order valence-corrected chi connectivity index (χ1v) is 11.2. The van der Waals surface area contributed by atoms with Crippen LogP contribution in [0.2, 0.25) is 0 Å². The van der Waals surface area contributed by atoms with Crippen molar-refractivity contribution >= 4 is 18.3 Å². The number of ether oxygens (including phenoxy) is 1. The van der Waals surface area contributed by atoms with E-state index in [1.54, 1.807) is 7.11 Å².